The highest BCUT2D eigenvalue weighted by molar-refractivity contribution is 6.62. The zero-order chi connectivity index (χ0) is 15.2. The Hall–Kier alpha value is -1.05. The summed E-state index contributed by atoms with van der Waals surface area (Å²) in [7, 11) is -0.542. The highest BCUT2D eigenvalue weighted by atomic mass is 19.4. The summed E-state index contributed by atoms with van der Waals surface area (Å²) in [6.45, 7) is 7.74. The maximum atomic E-state index is 12.3. The molecule has 0 radical (unpaired) electrons. The smallest absolute Gasteiger partial charge is 0.399 e. The average molecular weight is 303 g/mol. The standard InChI is InChI=1S/C14H18BF3O2.H3N/c1-12(2)13(3,4)20-15(19-12)11-7-5-10(6-8-11)9-14(16,17)18;/h5-8H,9H2,1-4H3;1H3. The minimum absolute atomic E-state index is 0. The van der Waals surface area contributed by atoms with E-state index < -0.39 is 30.9 Å². The van der Waals surface area contributed by atoms with Crippen LogP contribution in [0.25, 0.3) is 0 Å². The summed E-state index contributed by atoms with van der Waals surface area (Å²) in [5, 5.41) is 0. The lowest BCUT2D eigenvalue weighted by molar-refractivity contribution is -0.127. The van der Waals surface area contributed by atoms with Crippen molar-refractivity contribution >= 4 is 12.6 Å². The molecule has 3 nitrogen and oxygen atoms in total. The molecule has 2 rings (SSSR count). The largest absolute Gasteiger partial charge is 0.494 e. The molecule has 118 valence electrons. The van der Waals surface area contributed by atoms with Crippen LogP contribution in [0.3, 0.4) is 0 Å². The van der Waals surface area contributed by atoms with Crippen LogP contribution in [-0.4, -0.2) is 24.5 Å². The van der Waals surface area contributed by atoms with E-state index in [1.165, 1.54) is 12.1 Å². The van der Waals surface area contributed by atoms with Crippen LogP contribution in [0, 0.1) is 0 Å². The van der Waals surface area contributed by atoms with Gasteiger partial charge in [0.2, 0.25) is 0 Å². The lowest BCUT2D eigenvalue weighted by Crippen LogP contribution is -2.41. The minimum Gasteiger partial charge on any atom is -0.399 e. The van der Waals surface area contributed by atoms with Gasteiger partial charge < -0.3 is 15.5 Å². The SMILES string of the molecule is CC1(C)OB(c2ccc(CC(F)(F)F)cc2)OC1(C)C.N. The predicted octanol–water partition coefficient (Wildman–Crippen LogP) is 3.25. The van der Waals surface area contributed by atoms with Crippen molar-refractivity contribution in [3.05, 3.63) is 29.8 Å². The number of rotatable bonds is 2. The van der Waals surface area contributed by atoms with Gasteiger partial charge in [-0.1, -0.05) is 24.3 Å². The zero-order valence-electron chi connectivity index (χ0n) is 12.8. The normalized spacial score (nSPS) is 20.2. The molecule has 0 aromatic heterocycles. The molecule has 0 unspecified atom stereocenters. The second kappa shape index (κ2) is 5.63. The van der Waals surface area contributed by atoms with Crippen molar-refractivity contribution in [1.29, 1.82) is 0 Å². The molecular formula is C14H21BF3NO2. The fraction of sp³-hybridized carbons (Fsp3) is 0.571. The third-order valence-corrected chi connectivity index (χ3v) is 3.91. The molecule has 1 saturated heterocycles. The molecule has 1 aliphatic heterocycles. The van der Waals surface area contributed by atoms with Gasteiger partial charge in [0.1, 0.15) is 0 Å². The predicted molar refractivity (Wildman–Crippen MR) is 76.9 cm³/mol. The van der Waals surface area contributed by atoms with E-state index in [1.807, 2.05) is 27.7 Å². The van der Waals surface area contributed by atoms with E-state index in [-0.39, 0.29) is 11.7 Å². The maximum absolute atomic E-state index is 12.3. The summed E-state index contributed by atoms with van der Waals surface area (Å²) >= 11 is 0. The summed E-state index contributed by atoms with van der Waals surface area (Å²) in [5.41, 5.74) is 0.0530. The maximum Gasteiger partial charge on any atom is 0.494 e. The first-order chi connectivity index (χ1) is 9.00. The van der Waals surface area contributed by atoms with Crippen LogP contribution >= 0.6 is 0 Å². The Morgan fingerprint density at radius 2 is 1.38 bits per heavy atom. The summed E-state index contributed by atoms with van der Waals surface area (Å²) in [5.74, 6) is 0. The van der Waals surface area contributed by atoms with Gasteiger partial charge in [0.15, 0.2) is 0 Å². The highest BCUT2D eigenvalue weighted by Crippen LogP contribution is 2.36. The van der Waals surface area contributed by atoms with E-state index in [4.69, 9.17) is 9.31 Å². The van der Waals surface area contributed by atoms with Crippen LogP contribution in [0.5, 0.6) is 0 Å². The molecule has 21 heavy (non-hydrogen) atoms. The molecule has 1 heterocycles. The van der Waals surface area contributed by atoms with Gasteiger partial charge in [-0.25, -0.2) is 0 Å². The van der Waals surface area contributed by atoms with Crippen molar-refractivity contribution in [2.45, 2.75) is 51.5 Å². The fourth-order valence-electron chi connectivity index (χ4n) is 2.00. The molecule has 1 aliphatic rings. The van der Waals surface area contributed by atoms with Crippen molar-refractivity contribution in [3.8, 4) is 0 Å². The topological polar surface area (TPSA) is 53.5 Å². The third kappa shape index (κ3) is 3.99. The van der Waals surface area contributed by atoms with E-state index in [0.717, 1.165) is 5.46 Å². The number of hydrogen-bond acceptors (Lipinski definition) is 3. The van der Waals surface area contributed by atoms with Crippen molar-refractivity contribution in [1.82, 2.24) is 6.15 Å². The molecule has 0 saturated carbocycles. The van der Waals surface area contributed by atoms with E-state index in [2.05, 4.69) is 0 Å². The Bertz CT molecular complexity index is 470. The van der Waals surface area contributed by atoms with Crippen molar-refractivity contribution < 1.29 is 22.5 Å². The number of halogens is 3. The van der Waals surface area contributed by atoms with Gasteiger partial charge in [-0.3, -0.25) is 0 Å². The van der Waals surface area contributed by atoms with Gasteiger partial charge in [-0.2, -0.15) is 13.2 Å². The summed E-state index contributed by atoms with van der Waals surface area (Å²) in [6.07, 6.45) is -5.11. The van der Waals surface area contributed by atoms with E-state index >= 15 is 0 Å². The highest BCUT2D eigenvalue weighted by Gasteiger charge is 2.51. The van der Waals surface area contributed by atoms with Crippen LogP contribution in [-0.2, 0) is 15.7 Å². The third-order valence-electron chi connectivity index (χ3n) is 3.91. The monoisotopic (exact) mass is 303 g/mol. The first-order valence-electron chi connectivity index (χ1n) is 6.51. The second-order valence-electron chi connectivity index (χ2n) is 6.12. The number of benzene rings is 1. The molecule has 1 aromatic carbocycles. The Morgan fingerprint density at radius 3 is 1.76 bits per heavy atom. The Labute approximate surface area is 123 Å². The Balaban J connectivity index is 0.00000220. The zero-order valence-corrected chi connectivity index (χ0v) is 12.8. The van der Waals surface area contributed by atoms with Gasteiger partial charge in [0.25, 0.3) is 0 Å². The van der Waals surface area contributed by atoms with Gasteiger partial charge >= 0.3 is 13.3 Å². The summed E-state index contributed by atoms with van der Waals surface area (Å²) in [6, 6.07) is 6.19. The van der Waals surface area contributed by atoms with Crippen molar-refractivity contribution in [3.63, 3.8) is 0 Å². The molecule has 0 spiro atoms. The molecule has 1 fully saturated rings. The fourth-order valence-corrected chi connectivity index (χ4v) is 2.00. The molecule has 0 bridgehead atoms. The molecule has 1 aromatic rings. The molecule has 0 amide bonds. The van der Waals surface area contributed by atoms with E-state index in [0.29, 0.717) is 0 Å². The van der Waals surface area contributed by atoms with Crippen LogP contribution in [0.4, 0.5) is 13.2 Å². The van der Waals surface area contributed by atoms with Gasteiger partial charge in [-0.05, 0) is 38.7 Å². The summed E-state index contributed by atoms with van der Waals surface area (Å²) < 4.78 is 48.6. The molecule has 7 heteroatoms. The minimum atomic E-state index is -4.19. The molecule has 0 atom stereocenters. The lowest BCUT2D eigenvalue weighted by atomic mass is 9.79. The first kappa shape index (κ1) is 18.0. The van der Waals surface area contributed by atoms with Crippen LogP contribution < -0.4 is 11.6 Å². The Kier molecular flexibility index (Phi) is 4.82. The molecule has 0 aliphatic carbocycles. The second-order valence-corrected chi connectivity index (χ2v) is 6.12. The van der Waals surface area contributed by atoms with Gasteiger partial charge in [0, 0.05) is 0 Å². The summed E-state index contributed by atoms with van der Waals surface area (Å²) in [4.78, 5) is 0. The van der Waals surface area contributed by atoms with E-state index in [9.17, 15) is 13.2 Å². The number of hydrogen-bond donors (Lipinski definition) is 1. The number of alkyl halides is 3. The molecule has 3 N–H and O–H groups in total. The van der Waals surface area contributed by atoms with Gasteiger partial charge in [-0.15, -0.1) is 0 Å². The first-order valence-corrected chi connectivity index (χ1v) is 6.51. The average Bonchev–Trinajstić information content (AvgIpc) is 2.47. The Morgan fingerprint density at radius 1 is 0.952 bits per heavy atom. The van der Waals surface area contributed by atoms with E-state index in [1.54, 1.807) is 12.1 Å². The van der Waals surface area contributed by atoms with Crippen LogP contribution in [0.2, 0.25) is 0 Å². The molecular weight excluding hydrogens is 282 g/mol. The van der Waals surface area contributed by atoms with Crippen molar-refractivity contribution in [2.24, 2.45) is 0 Å². The quantitative estimate of drug-likeness (QED) is 0.853. The van der Waals surface area contributed by atoms with Gasteiger partial charge in [0.05, 0.1) is 17.6 Å². The van der Waals surface area contributed by atoms with Crippen molar-refractivity contribution in [2.75, 3.05) is 0 Å². The van der Waals surface area contributed by atoms with Crippen LogP contribution in [0.1, 0.15) is 33.3 Å². The van der Waals surface area contributed by atoms with Crippen LogP contribution in [0.15, 0.2) is 24.3 Å². The lowest BCUT2D eigenvalue weighted by Gasteiger charge is -2.32.